The van der Waals surface area contributed by atoms with E-state index < -0.39 is 24.3 Å². The summed E-state index contributed by atoms with van der Waals surface area (Å²) in [5, 5.41) is 12.0. The number of alkyl carbamates (subject to hydrolysis) is 1. The fourth-order valence-electron chi connectivity index (χ4n) is 6.64. The number of ether oxygens (including phenoxy) is 4. The van der Waals surface area contributed by atoms with Crippen LogP contribution in [0.5, 0.6) is 0 Å². The maximum Gasteiger partial charge on any atom is 0.408 e. The quantitative estimate of drug-likeness (QED) is 0.273. The monoisotopic (exact) mass is 657 g/mol. The third kappa shape index (κ3) is 8.29. The van der Waals surface area contributed by atoms with Crippen molar-refractivity contribution < 1.29 is 38.4 Å². The smallest absolute Gasteiger partial charge is 0.408 e. The van der Waals surface area contributed by atoms with Gasteiger partial charge in [-0.1, -0.05) is 78.9 Å². The van der Waals surface area contributed by atoms with Gasteiger partial charge in [0, 0.05) is 31.7 Å². The second-order valence-electron chi connectivity index (χ2n) is 12.6. The lowest BCUT2D eigenvalue weighted by atomic mass is 9.99. The molecule has 11 heteroatoms. The maximum absolute atomic E-state index is 13.1. The van der Waals surface area contributed by atoms with Crippen LogP contribution in [-0.4, -0.2) is 77.8 Å². The second-order valence-corrected chi connectivity index (χ2v) is 12.6. The zero-order valence-electron chi connectivity index (χ0n) is 27.2. The molecule has 0 bridgehead atoms. The summed E-state index contributed by atoms with van der Waals surface area (Å²) in [4.78, 5) is 41.8. The first-order valence-corrected chi connectivity index (χ1v) is 16.5. The standard InChI is InChI=1S/C37H43N3O8/c1-45-24-30-8-5-17-39(30)21-31-18-33(28-13-11-26(22-41)12-14-28)48-36(47-31)29-15-9-25(10-16-29)20-40-34(42)19-32(35(40)43)38-37(44)46-23-27-6-3-2-4-7-27/h2-4,6-7,9-16,30-33,36,41H,5,8,17-24H2,1H3,(H,38,44)/t30-,31+,32?,33-,36-/m0/s1. The summed E-state index contributed by atoms with van der Waals surface area (Å²) in [6, 6.07) is 24.0. The number of carbonyl (C=O) groups is 3. The molecule has 3 saturated heterocycles. The molecule has 0 spiro atoms. The van der Waals surface area contributed by atoms with Crippen molar-refractivity contribution >= 4 is 17.9 Å². The van der Waals surface area contributed by atoms with E-state index in [0.717, 1.165) is 53.7 Å². The van der Waals surface area contributed by atoms with Crippen LogP contribution in [0, 0.1) is 0 Å². The van der Waals surface area contributed by atoms with E-state index in [0.29, 0.717) is 19.1 Å². The Bertz CT molecular complexity index is 1530. The molecule has 6 rings (SSSR count). The first-order valence-electron chi connectivity index (χ1n) is 16.5. The number of imide groups is 1. The van der Waals surface area contributed by atoms with E-state index >= 15 is 0 Å². The Labute approximate surface area is 280 Å². The molecule has 0 saturated carbocycles. The molecule has 3 aliphatic heterocycles. The van der Waals surface area contributed by atoms with Gasteiger partial charge in [-0.3, -0.25) is 19.4 Å². The SMILES string of the molecule is COC[C@@H]1CCCN1C[C@H]1C[C@@H](c2ccc(CO)cc2)O[C@@H](c2ccc(CN3C(=O)CC(NC(=O)OCc4ccccc4)C3=O)cc2)O1. The van der Waals surface area contributed by atoms with Crippen LogP contribution < -0.4 is 5.32 Å². The number of nitrogens with zero attached hydrogens (tertiary/aromatic N) is 2. The highest BCUT2D eigenvalue weighted by Gasteiger charge is 2.40. The van der Waals surface area contributed by atoms with Crippen molar-refractivity contribution in [3.63, 3.8) is 0 Å². The number of hydrogen-bond donors (Lipinski definition) is 2. The third-order valence-electron chi connectivity index (χ3n) is 9.25. The zero-order valence-corrected chi connectivity index (χ0v) is 27.2. The molecule has 48 heavy (non-hydrogen) atoms. The molecule has 3 aromatic carbocycles. The average molecular weight is 658 g/mol. The maximum atomic E-state index is 13.1. The van der Waals surface area contributed by atoms with Crippen LogP contribution in [0.25, 0.3) is 0 Å². The largest absolute Gasteiger partial charge is 0.445 e. The molecule has 3 amide bonds. The van der Waals surface area contributed by atoms with Gasteiger partial charge in [-0.2, -0.15) is 0 Å². The number of nitrogens with one attached hydrogen (secondary N) is 1. The molecular weight excluding hydrogens is 614 g/mol. The Morgan fingerprint density at radius 2 is 1.67 bits per heavy atom. The first kappa shape index (κ1) is 33.8. The summed E-state index contributed by atoms with van der Waals surface area (Å²) < 4.78 is 23.8. The van der Waals surface area contributed by atoms with Gasteiger partial charge in [-0.05, 0) is 41.6 Å². The average Bonchev–Trinajstić information content (AvgIpc) is 3.66. The Hall–Kier alpha value is -4.13. The Morgan fingerprint density at radius 3 is 2.40 bits per heavy atom. The van der Waals surface area contributed by atoms with Crippen molar-refractivity contribution in [3.8, 4) is 0 Å². The second kappa shape index (κ2) is 15.8. The minimum Gasteiger partial charge on any atom is -0.445 e. The Kier molecular flexibility index (Phi) is 11.1. The predicted molar refractivity (Wildman–Crippen MR) is 175 cm³/mol. The number of amides is 3. The van der Waals surface area contributed by atoms with Crippen molar-refractivity contribution in [3.05, 3.63) is 107 Å². The van der Waals surface area contributed by atoms with Gasteiger partial charge in [0.1, 0.15) is 12.6 Å². The molecule has 11 nitrogen and oxygen atoms in total. The minimum atomic E-state index is -0.969. The summed E-state index contributed by atoms with van der Waals surface area (Å²) in [7, 11) is 1.74. The summed E-state index contributed by atoms with van der Waals surface area (Å²) in [6.07, 6.45) is 1.16. The zero-order chi connectivity index (χ0) is 33.5. The highest BCUT2D eigenvalue weighted by Crippen LogP contribution is 2.39. The Balaban J connectivity index is 1.09. The molecule has 254 valence electrons. The van der Waals surface area contributed by atoms with E-state index in [1.807, 2.05) is 78.9 Å². The number of methoxy groups -OCH3 is 1. The van der Waals surface area contributed by atoms with Crippen molar-refractivity contribution in [2.24, 2.45) is 0 Å². The number of rotatable bonds is 12. The number of benzene rings is 3. The van der Waals surface area contributed by atoms with Gasteiger partial charge in [-0.25, -0.2) is 4.79 Å². The molecule has 5 atom stereocenters. The third-order valence-corrected chi connectivity index (χ3v) is 9.25. The fourth-order valence-corrected chi connectivity index (χ4v) is 6.64. The molecule has 3 heterocycles. The minimum absolute atomic E-state index is 0.0184. The van der Waals surface area contributed by atoms with Crippen molar-refractivity contribution in [2.45, 2.75) is 76.0 Å². The van der Waals surface area contributed by atoms with Crippen LogP contribution >= 0.6 is 0 Å². The Morgan fingerprint density at radius 1 is 0.938 bits per heavy atom. The number of aliphatic hydroxyl groups excluding tert-OH is 1. The number of aliphatic hydroxyl groups is 1. The van der Waals surface area contributed by atoms with E-state index in [1.54, 1.807) is 7.11 Å². The van der Waals surface area contributed by atoms with Crippen LogP contribution in [-0.2, 0) is 48.3 Å². The molecular formula is C37H43N3O8. The van der Waals surface area contributed by atoms with E-state index in [2.05, 4.69) is 10.2 Å². The van der Waals surface area contributed by atoms with Crippen molar-refractivity contribution in [1.29, 1.82) is 0 Å². The summed E-state index contributed by atoms with van der Waals surface area (Å²) in [5.74, 6) is -0.825. The van der Waals surface area contributed by atoms with E-state index in [1.165, 1.54) is 4.90 Å². The molecule has 3 aromatic rings. The van der Waals surface area contributed by atoms with Gasteiger partial charge in [0.2, 0.25) is 5.91 Å². The van der Waals surface area contributed by atoms with E-state index in [4.69, 9.17) is 18.9 Å². The molecule has 2 N–H and O–H groups in total. The summed E-state index contributed by atoms with van der Waals surface area (Å²) in [5.41, 5.74) is 4.27. The highest BCUT2D eigenvalue weighted by atomic mass is 16.7. The lowest BCUT2D eigenvalue weighted by molar-refractivity contribution is -0.253. The van der Waals surface area contributed by atoms with Crippen molar-refractivity contribution in [1.82, 2.24) is 15.1 Å². The number of likely N-dealkylation sites (tertiary alicyclic amines) is 2. The van der Waals surface area contributed by atoms with Gasteiger partial charge < -0.3 is 29.4 Å². The first-order chi connectivity index (χ1) is 23.4. The van der Waals surface area contributed by atoms with Gasteiger partial charge in [0.05, 0.1) is 38.4 Å². The van der Waals surface area contributed by atoms with Crippen LogP contribution in [0.1, 0.15) is 65.9 Å². The van der Waals surface area contributed by atoms with Crippen molar-refractivity contribution in [2.75, 3.05) is 26.8 Å². The summed E-state index contributed by atoms with van der Waals surface area (Å²) in [6.45, 7) is 2.59. The van der Waals surface area contributed by atoms with Crippen LogP contribution in [0.2, 0.25) is 0 Å². The normalized spacial score (nSPS) is 24.6. The van der Waals surface area contributed by atoms with Gasteiger partial charge >= 0.3 is 6.09 Å². The molecule has 0 aliphatic carbocycles. The number of hydrogen-bond acceptors (Lipinski definition) is 9. The van der Waals surface area contributed by atoms with Gasteiger partial charge in [-0.15, -0.1) is 0 Å². The van der Waals surface area contributed by atoms with Gasteiger partial charge in [0.15, 0.2) is 6.29 Å². The molecule has 1 unspecified atom stereocenters. The lowest BCUT2D eigenvalue weighted by Crippen LogP contribution is -2.42. The van der Waals surface area contributed by atoms with E-state index in [-0.39, 0.29) is 44.3 Å². The molecule has 3 fully saturated rings. The molecule has 0 aromatic heterocycles. The molecule has 0 radical (unpaired) electrons. The lowest BCUT2D eigenvalue weighted by Gasteiger charge is -2.38. The molecule has 3 aliphatic rings. The predicted octanol–water partition coefficient (Wildman–Crippen LogP) is 4.39. The fraction of sp³-hybridized carbons (Fsp3) is 0.432. The topological polar surface area (TPSA) is 127 Å². The van der Waals surface area contributed by atoms with E-state index in [9.17, 15) is 19.5 Å². The summed E-state index contributed by atoms with van der Waals surface area (Å²) >= 11 is 0. The van der Waals surface area contributed by atoms with Crippen LogP contribution in [0.4, 0.5) is 4.79 Å². The van der Waals surface area contributed by atoms with Gasteiger partial charge in [0.25, 0.3) is 5.91 Å². The van der Waals surface area contributed by atoms with Crippen LogP contribution in [0.3, 0.4) is 0 Å². The highest BCUT2D eigenvalue weighted by molar-refractivity contribution is 6.06. The number of carbonyl (C=O) groups excluding carboxylic acids is 3. The van der Waals surface area contributed by atoms with Crippen LogP contribution in [0.15, 0.2) is 78.9 Å².